The van der Waals surface area contributed by atoms with Gasteiger partial charge in [-0.25, -0.2) is 9.97 Å². The summed E-state index contributed by atoms with van der Waals surface area (Å²) >= 11 is 0. The highest BCUT2D eigenvalue weighted by Gasteiger charge is 2.47. The molecule has 0 aliphatic carbocycles. The first-order chi connectivity index (χ1) is 9.79. The lowest BCUT2D eigenvalue weighted by Crippen LogP contribution is -2.47. The number of fused-ring (bicyclic) bond motifs is 2. The zero-order valence-electron chi connectivity index (χ0n) is 11.1. The van der Waals surface area contributed by atoms with E-state index in [1.165, 1.54) is 0 Å². The smallest absolute Gasteiger partial charge is 0.385 e. The largest absolute Gasteiger partial charge is 0.451 e. The molecule has 2 bridgehead atoms. The average Bonchev–Trinajstić information content (AvgIpc) is 2.40. The van der Waals surface area contributed by atoms with E-state index in [0.29, 0.717) is 12.8 Å². The van der Waals surface area contributed by atoms with Crippen molar-refractivity contribution in [1.29, 1.82) is 0 Å². The summed E-state index contributed by atoms with van der Waals surface area (Å²) in [5, 5.41) is 10.6. The number of hydrogen-bond donors (Lipinski definition) is 1. The van der Waals surface area contributed by atoms with Crippen molar-refractivity contribution in [3.63, 3.8) is 0 Å². The monoisotopic (exact) mass is 320 g/mol. The van der Waals surface area contributed by atoms with Gasteiger partial charge in [0.1, 0.15) is 0 Å². The molecule has 1 aromatic heterocycles. The van der Waals surface area contributed by atoms with Gasteiger partial charge in [0.15, 0.2) is 0 Å². The summed E-state index contributed by atoms with van der Waals surface area (Å²) in [5.41, 5.74) is -0.988. The summed E-state index contributed by atoms with van der Waals surface area (Å²) in [6, 6.07) is 0. The molecule has 0 radical (unpaired) electrons. The quantitative estimate of drug-likeness (QED) is 0.861. The number of aliphatic hydroxyl groups is 1. The van der Waals surface area contributed by atoms with Crippen LogP contribution in [0, 0.1) is 0 Å². The van der Waals surface area contributed by atoms with E-state index in [1.807, 2.05) is 0 Å². The first kappa shape index (κ1) is 14.9. The van der Waals surface area contributed by atoms with Gasteiger partial charge < -0.3 is 5.11 Å². The molecule has 1 aromatic rings. The number of nitrogens with zero attached hydrogens (tertiary/aromatic N) is 2. The van der Waals surface area contributed by atoms with Gasteiger partial charge in [-0.2, -0.15) is 13.2 Å². The third kappa shape index (κ3) is 2.70. The summed E-state index contributed by atoms with van der Waals surface area (Å²) in [6.45, 7) is 0. The van der Waals surface area contributed by atoms with Crippen LogP contribution in [0.2, 0.25) is 0 Å². The third-order valence-corrected chi connectivity index (χ3v) is 6.40. The van der Waals surface area contributed by atoms with Crippen molar-refractivity contribution in [2.45, 2.75) is 54.4 Å². The van der Waals surface area contributed by atoms with Crippen molar-refractivity contribution in [1.82, 2.24) is 9.97 Å². The van der Waals surface area contributed by atoms with Crippen molar-refractivity contribution >= 4 is 10.8 Å². The highest BCUT2D eigenvalue weighted by Crippen LogP contribution is 2.44. The molecule has 2 saturated heterocycles. The molecule has 2 unspecified atom stereocenters. The summed E-state index contributed by atoms with van der Waals surface area (Å²) < 4.78 is 49.5. The van der Waals surface area contributed by atoms with E-state index in [2.05, 4.69) is 9.97 Å². The van der Waals surface area contributed by atoms with Gasteiger partial charge in [0.25, 0.3) is 0 Å². The number of hydrogen-bond acceptors (Lipinski definition) is 4. The molecule has 0 spiro atoms. The molecule has 3 rings (SSSR count). The number of halogens is 3. The van der Waals surface area contributed by atoms with Crippen molar-refractivity contribution in [2.75, 3.05) is 0 Å². The van der Waals surface area contributed by atoms with E-state index in [1.54, 1.807) is 0 Å². The highest BCUT2D eigenvalue weighted by molar-refractivity contribution is 7.86. The molecule has 116 valence electrons. The van der Waals surface area contributed by atoms with Gasteiger partial charge in [0, 0.05) is 39.3 Å². The Balaban J connectivity index is 1.87. The van der Waals surface area contributed by atoms with E-state index in [4.69, 9.17) is 0 Å². The number of alkyl halides is 3. The van der Waals surface area contributed by atoms with Gasteiger partial charge in [-0.05, 0) is 25.7 Å². The second-order valence-corrected chi connectivity index (χ2v) is 7.73. The Kier molecular flexibility index (Phi) is 3.56. The Hall–Kier alpha value is -1.02. The molecule has 4 nitrogen and oxygen atoms in total. The minimum absolute atomic E-state index is 0.0928. The second kappa shape index (κ2) is 5.01. The summed E-state index contributed by atoms with van der Waals surface area (Å²) in [4.78, 5) is 6.62. The van der Waals surface area contributed by atoms with E-state index in [0.717, 1.165) is 31.7 Å². The molecule has 0 amide bonds. The molecule has 0 aromatic carbocycles. The van der Waals surface area contributed by atoms with E-state index < -0.39 is 28.4 Å². The van der Waals surface area contributed by atoms with Crippen LogP contribution in [-0.4, -0.2) is 29.8 Å². The fourth-order valence-electron chi connectivity index (χ4n) is 3.23. The molecular weight excluding hydrogens is 305 g/mol. The lowest BCUT2D eigenvalue weighted by atomic mass is 9.81. The molecule has 8 heteroatoms. The summed E-state index contributed by atoms with van der Waals surface area (Å²) in [6.07, 6.45) is 0.640. The number of aromatic nitrogens is 2. The van der Waals surface area contributed by atoms with E-state index >= 15 is 0 Å². The molecule has 2 aliphatic rings. The summed E-state index contributed by atoms with van der Waals surface area (Å²) in [5.74, 6) is -1.21. The molecule has 2 fully saturated rings. The van der Waals surface area contributed by atoms with Gasteiger partial charge in [0.2, 0.25) is 5.82 Å². The lowest BCUT2D eigenvalue weighted by molar-refractivity contribution is -0.145. The van der Waals surface area contributed by atoms with Gasteiger partial charge in [-0.15, -0.1) is 0 Å². The molecule has 0 saturated carbocycles. The predicted molar refractivity (Wildman–Crippen MR) is 69.7 cm³/mol. The van der Waals surface area contributed by atoms with Gasteiger partial charge in [-0.3, -0.25) is 4.21 Å². The van der Waals surface area contributed by atoms with Gasteiger partial charge >= 0.3 is 6.18 Å². The van der Waals surface area contributed by atoms with E-state index in [9.17, 15) is 22.5 Å². The molecule has 1 N–H and O–H groups in total. The Morgan fingerprint density at radius 3 is 2.19 bits per heavy atom. The van der Waals surface area contributed by atoms with Crippen LogP contribution in [0.1, 0.15) is 43.5 Å². The first-order valence-electron chi connectivity index (χ1n) is 6.81. The van der Waals surface area contributed by atoms with Crippen molar-refractivity contribution in [2.24, 2.45) is 0 Å². The van der Waals surface area contributed by atoms with Crippen LogP contribution in [0.3, 0.4) is 0 Å². The Labute approximate surface area is 122 Å². The van der Waals surface area contributed by atoms with Crippen LogP contribution in [0.4, 0.5) is 13.2 Å². The Morgan fingerprint density at radius 2 is 1.71 bits per heavy atom. The molecule has 3 heterocycles. The standard InChI is InChI=1S/C13H15F3N2O2S/c14-13(15,16)11-17-6-8(7-18-11)12(19)4-9-2-1-3-10(5-12)21(9)20/h6-7,9-10,19H,1-5H2. The predicted octanol–water partition coefficient (Wildman–Crippen LogP) is 2.15. The van der Waals surface area contributed by atoms with Crippen LogP contribution in [0.5, 0.6) is 0 Å². The van der Waals surface area contributed by atoms with Crippen LogP contribution in [-0.2, 0) is 22.6 Å². The molecule has 21 heavy (non-hydrogen) atoms. The van der Waals surface area contributed by atoms with Crippen molar-refractivity contribution in [3.05, 3.63) is 23.8 Å². The SMILES string of the molecule is O=S1C2CCCC1CC(O)(c1cnc(C(F)(F)F)nc1)C2. The van der Waals surface area contributed by atoms with Crippen LogP contribution < -0.4 is 0 Å². The van der Waals surface area contributed by atoms with Crippen molar-refractivity contribution < 1.29 is 22.5 Å². The second-order valence-electron chi connectivity index (χ2n) is 5.74. The topological polar surface area (TPSA) is 63.1 Å². The fourth-order valence-corrected chi connectivity index (χ4v) is 5.46. The van der Waals surface area contributed by atoms with Gasteiger partial charge in [-0.1, -0.05) is 6.42 Å². The lowest BCUT2D eigenvalue weighted by Gasteiger charge is -2.43. The number of rotatable bonds is 1. The van der Waals surface area contributed by atoms with Crippen LogP contribution in [0.15, 0.2) is 12.4 Å². The van der Waals surface area contributed by atoms with E-state index in [-0.39, 0.29) is 16.1 Å². The normalized spacial score (nSPS) is 36.5. The maximum atomic E-state index is 12.5. The molecular formula is C13H15F3N2O2S. The zero-order valence-corrected chi connectivity index (χ0v) is 12.0. The minimum Gasteiger partial charge on any atom is -0.385 e. The Bertz CT molecular complexity index is 546. The molecule has 2 atom stereocenters. The van der Waals surface area contributed by atoms with Crippen LogP contribution >= 0.6 is 0 Å². The summed E-state index contributed by atoms with van der Waals surface area (Å²) in [7, 11) is -0.956. The average molecular weight is 320 g/mol. The Morgan fingerprint density at radius 1 is 1.19 bits per heavy atom. The highest BCUT2D eigenvalue weighted by atomic mass is 32.2. The van der Waals surface area contributed by atoms with Crippen LogP contribution in [0.25, 0.3) is 0 Å². The molecule has 2 aliphatic heterocycles. The third-order valence-electron chi connectivity index (χ3n) is 4.28. The van der Waals surface area contributed by atoms with Gasteiger partial charge in [0.05, 0.1) is 5.60 Å². The maximum Gasteiger partial charge on any atom is 0.451 e. The zero-order chi connectivity index (χ0) is 15.3. The minimum atomic E-state index is -4.59. The van der Waals surface area contributed by atoms with Crippen molar-refractivity contribution in [3.8, 4) is 0 Å². The first-order valence-corrected chi connectivity index (χ1v) is 8.09. The fraction of sp³-hybridized carbons (Fsp3) is 0.692. The maximum absolute atomic E-state index is 12.5.